The first-order valence-electron chi connectivity index (χ1n) is 8.00. The molecule has 0 saturated carbocycles. The van der Waals surface area contributed by atoms with Gasteiger partial charge in [0, 0.05) is 30.2 Å². The molecule has 0 saturated heterocycles. The van der Waals surface area contributed by atoms with Crippen LogP contribution >= 0.6 is 0 Å². The molecule has 1 aromatic carbocycles. The Morgan fingerprint density at radius 2 is 1.89 bits per heavy atom. The van der Waals surface area contributed by atoms with E-state index in [0.29, 0.717) is 22.6 Å². The molecule has 0 aliphatic carbocycles. The molecule has 0 amide bonds. The van der Waals surface area contributed by atoms with Crippen molar-refractivity contribution in [3.05, 3.63) is 93.3 Å². The first-order valence-corrected chi connectivity index (χ1v) is 8.00. The zero-order chi connectivity index (χ0) is 18.8. The van der Waals surface area contributed by atoms with E-state index in [9.17, 15) is 14.4 Å². The standard InChI is InChI=1S/C20H12N2O5/c23-15-10-17(27-16-7-9-22-19(24)18(15)16)12-3-5-14(6-4-12)26-20(25)13-2-1-8-21-11-13/h1-11H,(H,22,24). The third kappa shape index (κ3) is 3.25. The van der Waals surface area contributed by atoms with Crippen molar-refractivity contribution in [3.8, 4) is 17.1 Å². The molecular formula is C20H12N2O5. The Morgan fingerprint density at radius 3 is 2.63 bits per heavy atom. The number of pyridine rings is 2. The van der Waals surface area contributed by atoms with Crippen molar-refractivity contribution in [3.63, 3.8) is 0 Å². The Morgan fingerprint density at radius 1 is 1.07 bits per heavy atom. The van der Waals surface area contributed by atoms with Crippen molar-refractivity contribution in [1.82, 2.24) is 9.97 Å². The third-order valence-electron chi connectivity index (χ3n) is 3.90. The summed E-state index contributed by atoms with van der Waals surface area (Å²) >= 11 is 0. The van der Waals surface area contributed by atoms with Crippen LogP contribution in [0.5, 0.6) is 5.75 Å². The number of nitrogens with zero attached hydrogens (tertiary/aromatic N) is 1. The van der Waals surface area contributed by atoms with Crippen molar-refractivity contribution in [1.29, 1.82) is 0 Å². The maximum atomic E-state index is 12.2. The summed E-state index contributed by atoms with van der Waals surface area (Å²) in [6.07, 6.45) is 4.40. The van der Waals surface area contributed by atoms with Crippen LogP contribution in [0.25, 0.3) is 22.3 Å². The van der Waals surface area contributed by atoms with Gasteiger partial charge in [0.25, 0.3) is 5.56 Å². The lowest BCUT2D eigenvalue weighted by molar-refractivity contribution is 0.0734. The van der Waals surface area contributed by atoms with Crippen LogP contribution in [0.4, 0.5) is 0 Å². The van der Waals surface area contributed by atoms with Crippen LogP contribution in [-0.4, -0.2) is 15.9 Å². The highest BCUT2D eigenvalue weighted by atomic mass is 16.5. The normalized spacial score (nSPS) is 10.7. The summed E-state index contributed by atoms with van der Waals surface area (Å²) in [6, 6.07) is 12.5. The minimum absolute atomic E-state index is 0.0247. The zero-order valence-electron chi connectivity index (χ0n) is 13.8. The Hall–Kier alpha value is -4.00. The molecular weight excluding hydrogens is 348 g/mol. The Labute approximate surface area is 151 Å². The van der Waals surface area contributed by atoms with Crippen LogP contribution in [0.2, 0.25) is 0 Å². The van der Waals surface area contributed by atoms with Gasteiger partial charge in [0.15, 0.2) is 5.43 Å². The molecule has 0 aliphatic rings. The highest BCUT2D eigenvalue weighted by Crippen LogP contribution is 2.24. The zero-order valence-corrected chi connectivity index (χ0v) is 13.8. The summed E-state index contributed by atoms with van der Waals surface area (Å²) in [4.78, 5) is 42.3. The molecule has 0 spiro atoms. The first kappa shape index (κ1) is 16.5. The third-order valence-corrected chi connectivity index (χ3v) is 3.90. The fourth-order valence-electron chi connectivity index (χ4n) is 2.60. The second kappa shape index (κ2) is 6.72. The minimum atomic E-state index is -0.521. The maximum Gasteiger partial charge on any atom is 0.345 e. The monoisotopic (exact) mass is 360 g/mol. The Kier molecular flexibility index (Phi) is 4.10. The van der Waals surface area contributed by atoms with E-state index in [4.69, 9.17) is 9.15 Å². The van der Waals surface area contributed by atoms with Gasteiger partial charge in [0.1, 0.15) is 22.5 Å². The number of carbonyl (C=O) groups is 1. The Balaban J connectivity index is 1.63. The quantitative estimate of drug-likeness (QED) is 0.445. The average Bonchev–Trinajstić information content (AvgIpc) is 2.69. The van der Waals surface area contributed by atoms with Gasteiger partial charge in [-0.15, -0.1) is 0 Å². The van der Waals surface area contributed by atoms with Gasteiger partial charge >= 0.3 is 5.97 Å². The van der Waals surface area contributed by atoms with E-state index in [1.54, 1.807) is 42.6 Å². The number of aromatic amines is 1. The molecule has 3 heterocycles. The SMILES string of the molecule is O=C(Oc1ccc(-c2cc(=O)c3c(=O)[nH]ccc3o2)cc1)c1cccnc1. The molecule has 0 unspecified atom stereocenters. The van der Waals surface area contributed by atoms with E-state index in [1.807, 2.05) is 0 Å². The van der Waals surface area contributed by atoms with Crippen LogP contribution < -0.4 is 15.7 Å². The van der Waals surface area contributed by atoms with Gasteiger partial charge in [-0.1, -0.05) is 0 Å². The van der Waals surface area contributed by atoms with Gasteiger partial charge in [-0.2, -0.15) is 0 Å². The fraction of sp³-hybridized carbons (Fsp3) is 0. The number of carbonyl (C=O) groups excluding carboxylic acids is 1. The Bertz CT molecular complexity index is 1240. The van der Waals surface area contributed by atoms with Gasteiger partial charge in [-0.25, -0.2) is 4.79 Å². The van der Waals surface area contributed by atoms with E-state index >= 15 is 0 Å². The number of benzene rings is 1. The summed E-state index contributed by atoms with van der Waals surface area (Å²) in [5.41, 5.74) is 0.224. The van der Waals surface area contributed by atoms with Crippen LogP contribution in [0.3, 0.4) is 0 Å². The van der Waals surface area contributed by atoms with Crippen molar-refractivity contribution in [2.24, 2.45) is 0 Å². The first-order chi connectivity index (χ1) is 13.1. The molecule has 27 heavy (non-hydrogen) atoms. The maximum absolute atomic E-state index is 12.2. The summed E-state index contributed by atoms with van der Waals surface area (Å²) < 4.78 is 10.9. The molecule has 4 aromatic rings. The number of esters is 1. The topological polar surface area (TPSA) is 102 Å². The number of aromatic nitrogens is 2. The second-order valence-electron chi connectivity index (χ2n) is 5.68. The molecule has 1 N–H and O–H groups in total. The van der Waals surface area contributed by atoms with Crippen molar-refractivity contribution >= 4 is 16.9 Å². The second-order valence-corrected chi connectivity index (χ2v) is 5.68. The lowest BCUT2D eigenvalue weighted by Crippen LogP contribution is -2.14. The number of hydrogen-bond acceptors (Lipinski definition) is 6. The summed E-state index contributed by atoms with van der Waals surface area (Å²) in [6.45, 7) is 0. The molecule has 0 atom stereocenters. The van der Waals surface area contributed by atoms with Crippen molar-refractivity contribution < 1.29 is 13.9 Å². The highest BCUT2D eigenvalue weighted by molar-refractivity contribution is 5.90. The van der Waals surface area contributed by atoms with Crippen LogP contribution in [-0.2, 0) is 0 Å². The molecule has 132 valence electrons. The molecule has 3 aromatic heterocycles. The smallest absolute Gasteiger partial charge is 0.345 e. The van der Waals surface area contributed by atoms with E-state index in [-0.39, 0.29) is 11.0 Å². The molecule has 7 nitrogen and oxygen atoms in total. The summed E-state index contributed by atoms with van der Waals surface area (Å²) in [5.74, 6) is 0.128. The van der Waals surface area contributed by atoms with Crippen molar-refractivity contribution in [2.75, 3.05) is 0 Å². The number of rotatable bonds is 3. The summed E-state index contributed by atoms with van der Waals surface area (Å²) in [7, 11) is 0. The number of nitrogens with one attached hydrogen (secondary N) is 1. The molecule has 0 aliphatic heterocycles. The molecule has 7 heteroatoms. The number of ether oxygens (including phenoxy) is 1. The fourth-order valence-corrected chi connectivity index (χ4v) is 2.60. The average molecular weight is 360 g/mol. The predicted octanol–water partition coefficient (Wildman–Crippen LogP) is 2.76. The van der Waals surface area contributed by atoms with Gasteiger partial charge in [-0.3, -0.25) is 14.6 Å². The van der Waals surface area contributed by atoms with E-state index in [1.165, 1.54) is 24.5 Å². The minimum Gasteiger partial charge on any atom is -0.456 e. The van der Waals surface area contributed by atoms with Gasteiger partial charge < -0.3 is 14.1 Å². The van der Waals surface area contributed by atoms with Gasteiger partial charge in [-0.05, 0) is 42.5 Å². The molecule has 4 rings (SSSR count). The predicted molar refractivity (Wildman–Crippen MR) is 97.7 cm³/mol. The van der Waals surface area contributed by atoms with Gasteiger partial charge in [0.05, 0.1) is 5.56 Å². The van der Waals surface area contributed by atoms with E-state index in [0.717, 1.165) is 0 Å². The van der Waals surface area contributed by atoms with Crippen LogP contribution in [0, 0.1) is 0 Å². The highest BCUT2D eigenvalue weighted by Gasteiger charge is 2.11. The number of fused-ring (bicyclic) bond motifs is 1. The lowest BCUT2D eigenvalue weighted by Gasteiger charge is -2.06. The van der Waals surface area contributed by atoms with E-state index < -0.39 is 17.0 Å². The molecule has 0 bridgehead atoms. The van der Waals surface area contributed by atoms with Crippen molar-refractivity contribution in [2.45, 2.75) is 0 Å². The largest absolute Gasteiger partial charge is 0.456 e. The number of H-pyrrole nitrogens is 1. The molecule has 0 fully saturated rings. The summed E-state index contributed by atoms with van der Waals surface area (Å²) in [5, 5.41) is -0.0247. The van der Waals surface area contributed by atoms with E-state index in [2.05, 4.69) is 9.97 Å². The van der Waals surface area contributed by atoms with Gasteiger partial charge in [0.2, 0.25) is 0 Å². The van der Waals surface area contributed by atoms with Crippen LogP contribution in [0.1, 0.15) is 10.4 Å². The van der Waals surface area contributed by atoms with Crippen LogP contribution in [0.15, 0.2) is 81.1 Å². The lowest BCUT2D eigenvalue weighted by atomic mass is 10.1. The number of hydrogen-bond donors (Lipinski definition) is 1. The molecule has 0 radical (unpaired) electrons.